The monoisotopic (exact) mass is 322 g/mol. The molecule has 0 spiro atoms. The molecule has 0 amide bonds. The van der Waals surface area contributed by atoms with Gasteiger partial charge in [-0.3, -0.25) is 9.67 Å². The van der Waals surface area contributed by atoms with Gasteiger partial charge >= 0.3 is 0 Å². The summed E-state index contributed by atoms with van der Waals surface area (Å²) >= 11 is 0. The average molecular weight is 322 g/mol. The molecular formula is C18H22N6. The number of aliphatic imine (C=N–C) groups is 2. The zero-order valence-electron chi connectivity index (χ0n) is 13.9. The highest BCUT2D eigenvalue weighted by molar-refractivity contribution is 6.15. The number of aromatic amines is 1. The normalized spacial score (nSPS) is 16.9. The molecule has 6 nitrogen and oxygen atoms in total. The first-order valence-electron chi connectivity index (χ1n) is 8.31. The molecule has 1 saturated carbocycles. The summed E-state index contributed by atoms with van der Waals surface area (Å²) < 4.78 is 1.95. The first kappa shape index (κ1) is 16.2. The minimum absolute atomic E-state index is 0.146. The molecule has 0 aliphatic heterocycles. The topological polar surface area (TPSA) is 82.1 Å². The fourth-order valence-electron chi connectivity index (χ4n) is 3.64. The number of hydrogen-bond acceptors (Lipinski definition) is 4. The van der Waals surface area contributed by atoms with Crippen LogP contribution in [0.4, 0.5) is 5.82 Å². The van der Waals surface area contributed by atoms with Crippen LogP contribution in [0.25, 0.3) is 0 Å². The molecule has 2 aromatic heterocycles. The van der Waals surface area contributed by atoms with Crippen molar-refractivity contribution in [1.82, 2.24) is 14.8 Å². The molecule has 2 heterocycles. The van der Waals surface area contributed by atoms with Crippen molar-refractivity contribution in [3.8, 4) is 6.07 Å². The molecule has 1 N–H and O–H groups in total. The van der Waals surface area contributed by atoms with Gasteiger partial charge in [-0.2, -0.15) is 10.4 Å². The number of rotatable bonds is 6. The van der Waals surface area contributed by atoms with Crippen molar-refractivity contribution >= 4 is 18.2 Å². The van der Waals surface area contributed by atoms with E-state index in [0.29, 0.717) is 18.2 Å². The maximum absolute atomic E-state index is 9.20. The Hall–Kier alpha value is -2.68. The van der Waals surface area contributed by atoms with Gasteiger partial charge in [-0.25, -0.2) is 4.99 Å². The molecule has 1 atom stereocenters. The third kappa shape index (κ3) is 3.02. The minimum atomic E-state index is 0.146. The number of H-pyrrole nitrogens is 1. The first-order valence-corrected chi connectivity index (χ1v) is 8.31. The van der Waals surface area contributed by atoms with Crippen molar-refractivity contribution in [2.24, 2.45) is 15.9 Å². The molecule has 3 rings (SSSR count). The van der Waals surface area contributed by atoms with Crippen molar-refractivity contribution in [2.75, 3.05) is 7.05 Å². The van der Waals surface area contributed by atoms with E-state index in [4.69, 9.17) is 0 Å². The van der Waals surface area contributed by atoms with E-state index in [2.05, 4.69) is 32.9 Å². The lowest BCUT2D eigenvalue weighted by Crippen LogP contribution is -2.17. The largest absolute Gasteiger partial charge is 0.346 e. The summed E-state index contributed by atoms with van der Waals surface area (Å²) in [6, 6.07) is 4.41. The second-order valence-electron chi connectivity index (χ2n) is 6.15. The highest BCUT2D eigenvalue weighted by Gasteiger charge is 2.27. The molecule has 1 unspecified atom stereocenters. The van der Waals surface area contributed by atoms with Crippen molar-refractivity contribution in [2.45, 2.75) is 38.1 Å². The van der Waals surface area contributed by atoms with Gasteiger partial charge in [0.25, 0.3) is 0 Å². The van der Waals surface area contributed by atoms with Gasteiger partial charge in [0.2, 0.25) is 0 Å². The van der Waals surface area contributed by atoms with E-state index in [1.54, 1.807) is 7.05 Å². The van der Waals surface area contributed by atoms with Crippen LogP contribution in [-0.4, -0.2) is 34.2 Å². The van der Waals surface area contributed by atoms with E-state index >= 15 is 0 Å². The van der Waals surface area contributed by atoms with Crippen LogP contribution in [0.15, 0.2) is 34.6 Å². The summed E-state index contributed by atoms with van der Waals surface area (Å²) in [5.74, 6) is 1.24. The van der Waals surface area contributed by atoms with E-state index < -0.39 is 0 Å². The summed E-state index contributed by atoms with van der Waals surface area (Å²) in [6.45, 7) is 3.59. The van der Waals surface area contributed by atoms with Crippen molar-refractivity contribution in [3.63, 3.8) is 0 Å². The van der Waals surface area contributed by atoms with E-state index in [0.717, 1.165) is 16.8 Å². The average Bonchev–Trinajstić information content (AvgIpc) is 3.35. The Balaban J connectivity index is 1.91. The molecule has 0 aromatic carbocycles. The van der Waals surface area contributed by atoms with E-state index in [1.807, 2.05) is 29.3 Å². The Bertz CT molecular complexity index is 770. The zero-order chi connectivity index (χ0) is 16.9. The molecule has 0 radical (unpaired) electrons. The van der Waals surface area contributed by atoms with Crippen LogP contribution in [0.2, 0.25) is 0 Å². The van der Waals surface area contributed by atoms with Crippen LogP contribution < -0.4 is 0 Å². The zero-order valence-corrected chi connectivity index (χ0v) is 13.9. The van der Waals surface area contributed by atoms with Gasteiger partial charge in [-0.15, -0.1) is 0 Å². The predicted octanol–water partition coefficient (Wildman–Crippen LogP) is 3.66. The number of nitrogens with zero attached hydrogens (tertiary/aromatic N) is 5. The molecule has 1 fully saturated rings. The second kappa shape index (κ2) is 7.26. The molecule has 124 valence electrons. The summed E-state index contributed by atoms with van der Waals surface area (Å²) in [6.07, 6.45) is 11.0. The first-order chi connectivity index (χ1) is 11.8. The fourth-order valence-corrected chi connectivity index (χ4v) is 3.64. The van der Waals surface area contributed by atoms with Crippen LogP contribution >= 0.6 is 0 Å². The Morgan fingerprint density at radius 2 is 2.33 bits per heavy atom. The Morgan fingerprint density at radius 3 is 3.00 bits per heavy atom. The van der Waals surface area contributed by atoms with Crippen LogP contribution in [-0.2, 0) is 0 Å². The molecular weight excluding hydrogens is 300 g/mol. The quantitative estimate of drug-likeness (QED) is 0.823. The maximum Gasteiger partial charge on any atom is 0.138 e. The van der Waals surface area contributed by atoms with Gasteiger partial charge in [0.15, 0.2) is 0 Å². The van der Waals surface area contributed by atoms with Crippen LogP contribution in [0, 0.1) is 17.2 Å². The lowest BCUT2D eigenvalue weighted by atomic mass is 9.96. The smallest absolute Gasteiger partial charge is 0.138 e. The highest BCUT2D eigenvalue weighted by atomic mass is 15.3. The molecule has 1 aliphatic rings. The molecule has 24 heavy (non-hydrogen) atoms. The summed E-state index contributed by atoms with van der Waals surface area (Å²) in [5, 5.41) is 13.7. The molecule has 0 bridgehead atoms. The number of nitrogens with one attached hydrogen (secondary N) is 1. The summed E-state index contributed by atoms with van der Waals surface area (Å²) in [7, 11) is 1.76. The molecule has 1 aliphatic carbocycles. The van der Waals surface area contributed by atoms with Gasteiger partial charge < -0.3 is 4.98 Å². The number of aromatic nitrogens is 3. The lowest BCUT2D eigenvalue weighted by Gasteiger charge is -2.21. The van der Waals surface area contributed by atoms with Crippen molar-refractivity contribution in [3.05, 3.63) is 35.8 Å². The van der Waals surface area contributed by atoms with Gasteiger partial charge in [0.1, 0.15) is 5.82 Å². The molecule has 6 heteroatoms. The standard InChI is InChI=1S/C18H22N6/c1-20-17(15-8-10-22-18(15)21-2)14-11-23-24(12-14)16(7-9-19)13-5-3-4-6-13/h8,10-13,16,22H,2-7H2,1H3/b20-17-. The predicted molar refractivity (Wildman–Crippen MR) is 95.0 cm³/mol. The fraction of sp³-hybridized carbons (Fsp3) is 0.444. The van der Waals surface area contributed by atoms with E-state index in [9.17, 15) is 5.26 Å². The third-order valence-electron chi connectivity index (χ3n) is 4.82. The molecule has 0 saturated heterocycles. The molecule has 2 aromatic rings. The Kier molecular flexibility index (Phi) is 4.90. The van der Waals surface area contributed by atoms with E-state index in [-0.39, 0.29) is 6.04 Å². The van der Waals surface area contributed by atoms with Crippen LogP contribution in [0.3, 0.4) is 0 Å². The summed E-state index contributed by atoms with van der Waals surface area (Å²) in [5.41, 5.74) is 2.67. The Morgan fingerprint density at radius 1 is 1.54 bits per heavy atom. The van der Waals surface area contributed by atoms with Gasteiger partial charge in [-0.1, -0.05) is 12.8 Å². The van der Waals surface area contributed by atoms with Crippen molar-refractivity contribution in [1.29, 1.82) is 5.26 Å². The number of nitriles is 1. The van der Waals surface area contributed by atoms with Gasteiger partial charge in [-0.05, 0) is 31.5 Å². The second-order valence-corrected chi connectivity index (χ2v) is 6.15. The van der Waals surface area contributed by atoms with Crippen LogP contribution in [0.5, 0.6) is 0 Å². The maximum atomic E-state index is 9.20. The van der Waals surface area contributed by atoms with Gasteiger partial charge in [0, 0.05) is 30.6 Å². The Labute approximate surface area is 141 Å². The van der Waals surface area contributed by atoms with Crippen molar-refractivity contribution < 1.29 is 0 Å². The summed E-state index contributed by atoms with van der Waals surface area (Å²) in [4.78, 5) is 11.5. The number of hydrogen-bond donors (Lipinski definition) is 1. The van der Waals surface area contributed by atoms with Gasteiger partial charge in [0.05, 0.1) is 30.4 Å². The van der Waals surface area contributed by atoms with Crippen LogP contribution in [0.1, 0.15) is 49.3 Å². The van der Waals surface area contributed by atoms with E-state index in [1.165, 1.54) is 25.7 Å². The third-order valence-corrected chi connectivity index (χ3v) is 4.82. The highest BCUT2D eigenvalue weighted by Crippen LogP contribution is 2.36. The lowest BCUT2D eigenvalue weighted by molar-refractivity contribution is 0.314. The SMILES string of the molecule is C=Nc1[nH]ccc1/C(=N\C)c1cnn(C(CC#N)C2CCCC2)c1. The minimum Gasteiger partial charge on any atom is -0.346 e.